The standard InChI is InChI=1S/C14H21NS/c1-10(2)14-6-11(8-15-9-16)5-12(7-14)13(14,3)4/h11-12H,1,5-8H2,2-4H3. The Morgan fingerprint density at radius 2 is 2.19 bits per heavy atom. The highest BCUT2D eigenvalue weighted by Crippen LogP contribution is 2.71. The summed E-state index contributed by atoms with van der Waals surface area (Å²) in [5.41, 5.74) is 2.18. The Bertz CT molecular complexity index is 365. The van der Waals surface area contributed by atoms with Gasteiger partial charge in [-0.1, -0.05) is 26.0 Å². The average molecular weight is 235 g/mol. The number of rotatable bonds is 3. The van der Waals surface area contributed by atoms with Gasteiger partial charge in [0.2, 0.25) is 0 Å². The molecule has 0 radical (unpaired) electrons. The number of allylic oxidation sites excluding steroid dienone is 1. The van der Waals surface area contributed by atoms with Crippen LogP contribution in [0.4, 0.5) is 0 Å². The summed E-state index contributed by atoms with van der Waals surface area (Å²) in [6.45, 7) is 12.1. The van der Waals surface area contributed by atoms with Gasteiger partial charge in [-0.2, -0.15) is 0 Å². The second-order valence-corrected chi connectivity index (χ2v) is 6.41. The van der Waals surface area contributed by atoms with E-state index in [0.29, 0.717) is 16.7 Å². The van der Waals surface area contributed by atoms with Crippen molar-refractivity contribution >= 4 is 17.4 Å². The minimum absolute atomic E-state index is 0.373. The van der Waals surface area contributed by atoms with Crippen molar-refractivity contribution in [3.05, 3.63) is 12.2 Å². The van der Waals surface area contributed by atoms with Crippen molar-refractivity contribution in [3.63, 3.8) is 0 Å². The molecule has 1 nitrogen and oxygen atoms in total. The van der Waals surface area contributed by atoms with Crippen LogP contribution in [0.1, 0.15) is 40.0 Å². The molecule has 0 aromatic heterocycles. The summed E-state index contributed by atoms with van der Waals surface area (Å²) in [6.07, 6.45) is 3.89. The first-order valence-electron chi connectivity index (χ1n) is 6.13. The van der Waals surface area contributed by atoms with Gasteiger partial charge in [-0.25, -0.2) is 4.99 Å². The molecule has 16 heavy (non-hydrogen) atoms. The van der Waals surface area contributed by atoms with E-state index in [9.17, 15) is 0 Å². The normalized spacial score (nSPS) is 39.4. The summed E-state index contributed by atoms with van der Waals surface area (Å²) in [5.74, 6) is 1.54. The number of nitrogens with zero attached hydrogens (tertiary/aromatic N) is 1. The first kappa shape index (κ1) is 12.0. The Morgan fingerprint density at radius 1 is 1.50 bits per heavy atom. The lowest BCUT2D eigenvalue weighted by Crippen LogP contribution is -2.60. The summed E-state index contributed by atoms with van der Waals surface area (Å²) >= 11 is 4.65. The molecule has 2 bridgehead atoms. The highest BCUT2D eigenvalue weighted by molar-refractivity contribution is 7.78. The van der Waals surface area contributed by atoms with Crippen LogP contribution >= 0.6 is 12.2 Å². The first-order valence-corrected chi connectivity index (χ1v) is 6.54. The van der Waals surface area contributed by atoms with Crippen molar-refractivity contribution in [1.29, 1.82) is 0 Å². The van der Waals surface area contributed by atoms with Gasteiger partial charge in [0.1, 0.15) is 0 Å². The van der Waals surface area contributed by atoms with E-state index in [-0.39, 0.29) is 0 Å². The van der Waals surface area contributed by atoms with E-state index in [1.807, 2.05) is 0 Å². The zero-order chi connectivity index (χ0) is 12.0. The molecule has 3 rings (SSSR count). The molecule has 0 N–H and O–H groups in total. The van der Waals surface area contributed by atoms with Gasteiger partial charge in [0, 0.05) is 0 Å². The number of isothiocyanates is 1. The molecule has 0 aromatic rings. The maximum atomic E-state index is 4.65. The minimum Gasteiger partial charge on any atom is -0.232 e. The second-order valence-electron chi connectivity index (χ2n) is 6.22. The van der Waals surface area contributed by atoms with E-state index >= 15 is 0 Å². The van der Waals surface area contributed by atoms with Crippen LogP contribution in [0.15, 0.2) is 17.1 Å². The molecule has 0 heterocycles. The van der Waals surface area contributed by atoms with E-state index in [1.165, 1.54) is 24.8 Å². The number of fused-ring (bicyclic) bond motifs is 2. The van der Waals surface area contributed by atoms with Gasteiger partial charge < -0.3 is 0 Å². The van der Waals surface area contributed by atoms with Crippen molar-refractivity contribution in [2.24, 2.45) is 27.7 Å². The number of hydrogen-bond donors (Lipinski definition) is 0. The molecule has 0 amide bonds. The Kier molecular flexibility index (Phi) is 2.84. The fraction of sp³-hybridized carbons (Fsp3) is 0.786. The Balaban J connectivity index is 2.17. The van der Waals surface area contributed by atoms with Gasteiger partial charge in [-0.05, 0) is 61.1 Å². The maximum Gasteiger partial charge on any atom is 0.0585 e. The number of hydrogen-bond acceptors (Lipinski definition) is 2. The van der Waals surface area contributed by atoms with Crippen LogP contribution < -0.4 is 0 Å². The Hall–Kier alpha value is -0.460. The van der Waals surface area contributed by atoms with E-state index in [2.05, 4.69) is 49.7 Å². The Labute approximate surface area is 104 Å². The molecular weight excluding hydrogens is 214 g/mol. The maximum absolute atomic E-state index is 4.65. The highest BCUT2D eigenvalue weighted by atomic mass is 32.1. The van der Waals surface area contributed by atoms with Crippen molar-refractivity contribution in [2.75, 3.05) is 6.54 Å². The van der Waals surface area contributed by atoms with Crippen LogP contribution in [0.5, 0.6) is 0 Å². The van der Waals surface area contributed by atoms with Gasteiger partial charge >= 0.3 is 0 Å². The fourth-order valence-corrected chi connectivity index (χ4v) is 4.18. The topological polar surface area (TPSA) is 12.4 Å². The van der Waals surface area contributed by atoms with E-state index in [4.69, 9.17) is 0 Å². The quantitative estimate of drug-likeness (QED) is 0.407. The van der Waals surface area contributed by atoms with E-state index < -0.39 is 0 Å². The minimum atomic E-state index is 0.373. The number of thiocarbonyl (C=S) groups is 1. The summed E-state index contributed by atoms with van der Waals surface area (Å²) in [6, 6.07) is 0. The first-order chi connectivity index (χ1) is 7.44. The van der Waals surface area contributed by atoms with Crippen LogP contribution in [0.3, 0.4) is 0 Å². The molecule has 0 aliphatic heterocycles. The molecule has 88 valence electrons. The van der Waals surface area contributed by atoms with Crippen LogP contribution in [-0.2, 0) is 0 Å². The monoisotopic (exact) mass is 235 g/mol. The van der Waals surface area contributed by atoms with Crippen molar-refractivity contribution in [3.8, 4) is 0 Å². The van der Waals surface area contributed by atoms with Crippen molar-refractivity contribution in [1.82, 2.24) is 0 Å². The third kappa shape index (κ3) is 1.43. The molecular formula is C14H21NS. The molecule has 2 heteroatoms. The molecule has 3 unspecified atom stereocenters. The van der Waals surface area contributed by atoms with Crippen LogP contribution in [0.25, 0.3) is 0 Å². The summed E-state index contributed by atoms with van der Waals surface area (Å²) in [5, 5.41) is 2.49. The Morgan fingerprint density at radius 3 is 2.69 bits per heavy atom. The summed E-state index contributed by atoms with van der Waals surface area (Å²) < 4.78 is 0. The van der Waals surface area contributed by atoms with Gasteiger partial charge in [0.15, 0.2) is 0 Å². The molecule has 0 spiro atoms. The highest BCUT2D eigenvalue weighted by Gasteiger charge is 2.63. The lowest BCUT2D eigenvalue weighted by molar-refractivity contribution is -0.153. The van der Waals surface area contributed by atoms with Gasteiger partial charge in [-0.15, -0.1) is 0 Å². The molecule has 3 fully saturated rings. The van der Waals surface area contributed by atoms with E-state index in [0.717, 1.165) is 12.5 Å². The molecule has 3 aliphatic carbocycles. The van der Waals surface area contributed by atoms with E-state index in [1.54, 1.807) is 0 Å². The smallest absolute Gasteiger partial charge is 0.0585 e. The lowest BCUT2D eigenvalue weighted by Gasteiger charge is -2.68. The lowest BCUT2D eigenvalue weighted by atomic mass is 9.36. The van der Waals surface area contributed by atoms with Crippen LogP contribution in [0, 0.1) is 22.7 Å². The van der Waals surface area contributed by atoms with Crippen LogP contribution in [0.2, 0.25) is 0 Å². The summed E-state index contributed by atoms with van der Waals surface area (Å²) in [7, 11) is 0. The average Bonchev–Trinajstić information content (AvgIpc) is 2.25. The number of aliphatic imine (C=N–C) groups is 1. The third-order valence-electron chi connectivity index (χ3n) is 5.33. The van der Waals surface area contributed by atoms with Crippen molar-refractivity contribution in [2.45, 2.75) is 40.0 Å². The van der Waals surface area contributed by atoms with Crippen LogP contribution in [-0.4, -0.2) is 11.7 Å². The zero-order valence-electron chi connectivity index (χ0n) is 10.5. The third-order valence-corrected chi connectivity index (χ3v) is 5.46. The summed E-state index contributed by atoms with van der Waals surface area (Å²) in [4.78, 5) is 4.12. The fourth-order valence-electron chi connectivity index (χ4n) is 4.11. The predicted molar refractivity (Wildman–Crippen MR) is 71.8 cm³/mol. The molecule has 3 saturated carbocycles. The van der Waals surface area contributed by atoms with Gasteiger partial charge in [0.25, 0.3) is 0 Å². The largest absolute Gasteiger partial charge is 0.232 e. The molecule has 0 aromatic carbocycles. The molecule has 3 atom stereocenters. The van der Waals surface area contributed by atoms with Crippen molar-refractivity contribution < 1.29 is 0 Å². The van der Waals surface area contributed by atoms with Gasteiger partial charge in [0.05, 0.1) is 11.7 Å². The second kappa shape index (κ2) is 3.78. The van der Waals surface area contributed by atoms with Gasteiger partial charge in [-0.3, -0.25) is 0 Å². The molecule has 0 saturated heterocycles. The zero-order valence-corrected chi connectivity index (χ0v) is 11.4. The predicted octanol–water partition coefficient (Wildman–Crippen LogP) is 4.11. The SMILES string of the molecule is C=C(C)C12CC(CN=C=S)CC(C1)C2(C)C. The molecule has 3 aliphatic rings.